The monoisotopic (exact) mass is 542 g/mol. The average Bonchev–Trinajstić information content (AvgIpc) is 3.43. The Morgan fingerprint density at radius 3 is 2.19 bits per heavy atom. The number of fused-ring (bicyclic) bond motifs is 1. The standard InChI is InChI=1S/C26H25ClF2N4OSSi/c1-26(2,3)36(18-10-6-4-7-11-18,19-12-8-5-9-13-19)34-15-17-14-20(28)24(35-17)33-16-30-21-22(27)31-25(29)32-23(21)33/h4-14,16-17,24H,15H2,1-3H3/t17-,24+/m0/s1. The molecule has 0 saturated heterocycles. The predicted octanol–water partition coefficient (Wildman–Crippen LogP) is 5.66. The number of imidazole rings is 1. The third-order valence-electron chi connectivity index (χ3n) is 6.37. The molecule has 0 spiro atoms. The van der Waals surface area contributed by atoms with Crippen molar-refractivity contribution in [3.8, 4) is 0 Å². The van der Waals surface area contributed by atoms with Crippen molar-refractivity contribution in [2.75, 3.05) is 6.61 Å². The first-order valence-electron chi connectivity index (χ1n) is 11.5. The Kier molecular flexibility index (Phi) is 6.76. The summed E-state index contributed by atoms with van der Waals surface area (Å²) in [6.45, 7) is 6.93. The summed E-state index contributed by atoms with van der Waals surface area (Å²) in [6.07, 6.45) is 2.01. The van der Waals surface area contributed by atoms with Gasteiger partial charge >= 0.3 is 6.08 Å². The van der Waals surface area contributed by atoms with Crippen molar-refractivity contribution in [2.24, 2.45) is 0 Å². The van der Waals surface area contributed by atoms with Gasteiger partial charge in [-0.2, -0.15) is 14.4 Å². The van der Waals surface area contributed by atoms with E-state index in [1.54, 1.807) is 6.08 Å². The summed E-state index contributed by atoms with van der Waals surface area (Å²) in [4.78, 5) is 11.5. The second kappa shape index (κ2) is 9.70. The number of aromatic nitrogens is 4. The molecule has 2 atom stereocenters. The van der Waals surface area contributed by atoms with Gasteiger partial charge in [-0.05, 0) is 21.5 Å². The zero-order valence-corrected chi connectivity index (χ0v) is 22.6. The van der Waals surface area contributed by atoms with E-state index in [1.165, 1.54) is 22.7 Å². The van der Waals surface area contributed by atoms with Crippen LogP contribution in [-0.4, -0.2) is 39.7 Å². The Morgan fingerprint density at radius 2 is 1.61 bits per heavy atom. The fraction of sp³-hybridized carbons (Fsp3) is 0.269. The smallest absolute Gasteiger partial charge is 0.312 e. The molecule has 2 aromatic heterocycles. The highest BCUT2D eigenvalue weighted by atomic mass is 35.5. The van der Waals surface area contributed by atoms with E-state index >= 15 is 4.39 Å². The zero-order chi connectivity index (χ0) is 25.5. The van der Waals surface area contributed by atoms with E-state index in [9.17, 15) is 4.39 Å². The number of halogens is 3. The highest BCUT2D eigenvalue weighted by Crippen LogP contribution is 2.45. The number of thioether (sulfide) groups is 1. The molecular weight excluding hydrogens is 518 g/mol. The van der Waals surface area contributed by atoms with Crippen LogP contribution in [0.4, 0.5) is 8.78 Å². The molecule has 0 bridgehead atoms. The molecule has 2 aromatic carbocycles. The van der Waals surface area contributed by atoms with Crippen molar-refractivity contribution >= 4 is 53.2 Å². The van der Waals surface area contributed by atoms with Crippen LogP contribution in [0.2, 0.25) is 10.2 Å². The first kappa shape index (κ1) is 25.1. The Hall–Kier alpha value is -2.59. The third-order valence-corrected chi connectivity index (χ3v) is 13.0. The predicted molar refractivity (Wildman–Crippen MR) is 143 cm³/mol. The minimum atomic E-state index is -2.76. The maximum atomic E-state index is 15.2. The van der Waals surface area contributed by atoms with Crippen molar-refractivity contribution < 1.29 is 13.2 Å². The first-order chi connectivity index (χ1) is 17.2. The van der Waals surface area contributed by atoms with E-state index in [2.05, 4.69) is 60.0 Å². The molecule has 0 saturated carbocycles. The fourth-order valence-corrected chi connectivity index (χ4v) is 10.9. The summed E-state index contributed by atoms with van der Waals surface area (Å²) in [5.74, 6) is -0.356. The van der Waals surface area contributed by atoms with Crippen LogP contribution in [0.5, 0.6) is 0 Å². The van der Waals surface area contributed by atoms with Crippen molar-refractivity contribution in [1.82, 2.24) is 19.5 Å². The molecule has 0 radical (unpaired) electrons. The van der Waals surface area contributed by atoms with E-state index in [4.69, 9.17) is 16.0 Å². The van der Waals surface area contributed by atoms with E-state index in [1.807, 2.05) is 36.4 Å². The second-order valence-corrected chi connectivity index (χ2v) is 15.6. The Bertz CT molecular complexity index is 1370. The highest BCUT2D eigenvalue weighted by Gasteiger charge is 2.50. The average molecular weight is 543 g/mol. The van der Waals surface area contributed by atoms with Crippen LogP contribution in [0.25, 0.3) is 11.2 Å². The van der Waals surface area contributed by atoms with Gasteiger partial charge in [0.15, 0.2) is 10.8 Å². The summed E-state index contributed by atoms with van der Waals surface area (Å²) in [7, 11) is -2.76. The molecule has 5 nitrogen and oxygen atoms in total. The normalized spacial score (nSPS) is 18.6. The summed E-state index contributed by atoms with van der Waals surface area (Å²) in [5.41, 5.74) is 0.389. The summed E-state index contributed by atoms with van der Waals surface area (Å²) < 4.78 is 37.5. The van der Waals surface area contributed by atoms with Gasteiger partial charge in [0, 0.05) is 0 Å². The van der Waals surface area contributed by atoms with Gasteiger partial charge in [-0.25, -0.2) is 9.37 Å². The lowest BCUT2D eigenvalue weighted by atomic mass is 10.2. The molecule has 4 aromatic rings. The Balaban J connectivity index is 1.46. The van der Waals surface area contributed by atoms with Gasteiger partial charge < -0.3 is 4.43 Å². The molecule has 1 aliphatic rings. The maximum absolute atomic E-state index is 15.2. The third kappa shape index (κ3) is 4.38. The van der Waals surface area contributed by atoms with Gasteiger partial charge in [-0.15, -0.1) is 11.8 Å². The first-order valence-corrected chi connectivity index (χ1v) is 14.8. The maximum Gasteiger partial charge on any atom is 0.312 e. The van der Waals surface area contributed by atoms with Gasteiger partial charge in [-0.1, -0.05) is 93.0 Å². The van der Waals surface area contributed by atoms with Crippen LogP contribution in [-0.2, 0) is 4.43 Å². The Morgan fingerprint density at radius 1 is 1.00 bits per heavy atom. The fourth-order valence-electron chi connectivity index (χ4n) is 4.81. The molecule has 10 heteroatoms. The molecule has 36 heavy (non-hydrogen) atoms. The van der Waals surface area contributed by atoms with Crippen LogP contribution in [0.3, 0.4) is 0 Å². The molecule has 186 valence electrons. The SMILES string of the molecule is CC(C)(C)[Si](OC[C@@H]1C=C(F)[C@H](n2cnc3c(Cl)nc(F)nc32)S1)(c1ccccc1)c1ccccc1. The van der Waals surface area contributed by atoms with E-state index < -0.39 is 19.8 Å². The van der Waals surface area contributed by atoms with Crippen molar-refractivity contribution in [1.29, 1.82) is 0 Å². The largest absolute Gasteiger partial charge is 0.406 e. The van der Waals surface area contributed by atoms with E-state index in [0.717, 1.165) is 10.4 Å². The topological polar surface area (TPSA) is 52.8 Å². The van der Waals surface area contributed by atoms with Crippen molar-refractivity contribution in [3.05, 3.63) is 90.1 Å². The number of hydrogen-bond donors (Lipinski definition) is 0. The van der Waals surface area contributed by atoms with Gasteiger partial charge in [0.2, 0.25) is 0 Å². The van der Waals surface area contributed by atoms with Crippen LogP contribution in [0, 0.1) is 6.08 Å². The molecule has 0 N–H and O–H groups in total. The van der Waals surface area contributed by atoms with E-state index in [0.29, 0.717) is 6.61 Å². The molecule has 0 amide bonds. The summed E-state index contributed by atoms with van der Waals surface area (Å²) >= 11 is 7.38. The molecule has 0 unspecified atom stereocenters. The Labute approximate surface area is 218 Å². The van der Waals surface area contributed by atoms with Gasteiger partial charge in [0.1, 0.15) is 16.7 Å². The number of nitrogens with zero attached hydrogens (tertiary/aromatic N) is 4. The molecule has 3 heterocycles. The highest BCUT2D eigenvalue weighted by molar-refractivity contribution is 8.00. The number of benzene rings is 2. The summed E-state index contributed by atoms with van der Waals surface area (Å²) in [5, 5.41) is 1.04. The molecule has 1 aliphatic heterocycles. The van der Waals surface area contributed by atoms with Gasteiger partial charge in [0.05, 0.1) is 18.2 Å². The van der Waals surface area contributed by atoms with Crippen LogP contribution in [0.1, 0.15) is 26.1 Å². The second-order valence-electron chi connectivity index (χ2n) is 9.66. The molecule has 0 aliphatic carbocycles. The van der Waals surface area contributed by atoms with Crippen LogP contribution in [0.15, 0.2) is 78.9 Å². The van der Waals surface area contributed by atoms with E-state index in [-0.39, 0.29) is 32.4 Å². The van der Waals surface area contributed by atoms with Crippen molar-refractivity contribution in [3.63, 3.8) is 0 Å². The number of rotatable bonds is 6. The number of hydrogen-bond acceptors (Lipinski definition) is 5. The van der Waals surface area contributed by atoms with Crippen molar-refractivity contribution in [2.45, 2.75) is 36.4 Å². The lowest BCUT2D eigenvalue weighted by Crippen LogP contribution is -2.67. The lowest BCUT2D eigenvalue weighted by Gasteiger charge is -2.43. The minimum absolute atomic E-state index is 0.102. The van der Waals surface area contributed by atoms with Gasteiger partial charge in [-0.3, -0.25) is 4.57 Å². The zero-order valence-electron chi connectivity index (χ0n) is 20.0. The minimum Gasteiger partial charge on any atom is -0.406 e. The quantitative estimate of drug-likeness (QED) is 0.179. The molecular formula is C26H25ClF2N4OSSi. The lowest BCUT2D eigenvalue weighted by molar-refractivity contribution is 0.308. The van der Waals surface area contributed by atoms with Crippen LogP contribution < -0.4 is 10.4 Å². The molecule has 5 rings (SSSR count). The van der Waals surface area contributed by atoms with Gasteiger partial charge in [0.25, 0.3) is 8.32 Å². The van der Waals surface area contributed by atoms with Crippen LogP contribution >= 0.6 is 23.4 Å². The molecule has 0 fully saturated rings. The summed E-state index contributed by atoms with van der Waals surface area (Å²) in [6, 6.07) is 20.6.